The molecule has 0 aliphatic carbocycles. The normalized spacial score (nSPS) is 12.7. The van der Waals surface area contributed by atoms with Crippen LogP contribution in [0.1, 0.15) is 12.5 Å². The lowest BCUT2D eigenvalue weighted by Gasteiger charge is -2.27. The van der Waals surface area contributed by atoms with Gasteiger partial charge in [0.2, 0.25) is 0 Å². The summed E-state index contributed by atoms with van der Waals surface area (Å²) in [5.41, 5.74) is 1.37. The molecule has 88 valence electrons. The molecule has 0 fully saturated rings. The van der Waals surface area contributed by atoms with E-state index in [2.05, 4.69) is 48.7 Å². The van der Waals surface area contributed by atoms with Gasteiger partial charge in [-0.3, -0.25) is 4.90 Å². The van der Waals surface area contributed by atoms with Gasteiger partial charge >= 0.3 is 0 Å². The Bertz CT molecular complexity index is 297. The van der Waals surface area contributed by atoms with Gasteiger partial charge in [-0.1, -0.05) is 36.4 Å². The molecule has 16 heavy (non-hydrogen) atoms. The predicted molar refractivity (Wildman–Crippen MR) is 72.1 cm³/mol. The number of alkyl halides is 1. The van der Waals surface area contributed by atoms with Crippen molar-refractivity contribution in [2.45, 2.75) is 19.4 Å². The first kappa shape index (κ1) is 13.3. The first-order valence-corrected chi connectivity index (χ1v) is 6.26. The van der Waals surface area contributed by atoms with E-state index in [-0.39, 0.29) is 0 Å². The molecule has 1 aromatic rings. The van der Waals surface area contributed by atoms with Gasteiger partial charge in [0.15, 0.2) is 0 Å². The first-order valence-electron chi connectivity index (χ1n) is 5.72. The summed E-state index contributed by atoms with van der Waals surface area (Å²) in [6, 6.07) is 11.1. The van der Waals surface area contributed by atoms with Crippen molar-refractivity contribution >= 4 is 11.6 Å². The standard InChI is InChI=1S/C14H20ClN/c1-3-10-16(11-9-15)13(2)12-14-7-5-4-6-8-14/h3-8,13H,1,9-12H2,2H3/t13-/m0/s1. The molecule has 0 radical (unpaired) electrons. The molecule has 0 heterocycles. The van der Waals surface area contributed by atoms with E-state index in [4.69, 9.17) is 11.6 Å². The monoisotopic (exact) mass is 237 g/mol. The second-order valence-corrected chi connectivity index (χ2v) is 4.39. The summed E-state index contributed by atoms with van der Waals surface area (Å²) in [6.45, 7) is 7.85. The SMILES string of the molecule is C=CCN(CCCl)[C@@H](C)Cc1ccccc1. The number of benzene rings is 1. The van der Waals surface area contributed by atoms with E-state index in [1.807, 2.05) is 6.08 Å². The van der Waals surface area contributed by atoms with E-state index >= 15 is 0 Å². The van der Waals surface area contributed by atoms with E-state index in [1.54, 1.807) is 0 Å². The van der Waals surface area contributed by atoms with Crippen LogP contribution in [0.3, 0.4) is 0 Å². The summed E-state index contributed by atoms with van der Waals surface area (Å²) in [4.78, 5) is 2.35. The largest absolute Gasteiger partial charge is 0.296 e. The third-order valence-electron chi connectivity index (χ3n) is 2.73. The Morgan fingerprint density at radius 2 is 2.06 bits per heavy atom. The summed E-state index contributed by atoms with van der Waals surface area (Å²) in [7, 11) is 0. The second-order valence-electron chi connectivity index (χ2n) is 4.01. The average molecular weight is 238 g/mol. The zero-order valence-corrected chi connectivity index (χ0v) is 10.7. The minimum Gasteiger partial charge on any atom is -0.296 e. The highest BCUT2D eigenvalue weighted by atomic mass is 35.5. The van der Waals surface area contributed by atoms with Gasteiger partial charge < -0.3 is 0 Å². The van der Waals surface area contributed by atoms with Crippen LogP contribution >= 0.6 is 11.6 Å². The summed E-state index contributed by atoms with van der Waals surface area (Å²) < 4.78 is 0. The van der Waals surface area contributed by atoms with Gasteiger partial charge in [0.25, 0.3) is 0 Å². The van der Waals surface area contributed by atoms with E-state index < -0.39 is 0 Å². The molecular formula is C14H20ClN. The van der Waals surface area contributed by atoms with Gasteiger partial charge in [-0.25, -0.2) is 0 Å². The quantitative estimate of drug-likeness (QED) is 0.519. The summed E-state index contributed by atoms with van der Waals surface area (Å²) in [5, 5.41) is 0. The second kappa shape index (κ2) is 7.48. The third-order valence-corrected chi connectivity index (χ3v) is 2.90. The van der Waals surface area contributed by atoms with Crippen LogP contribution in [-0.2, 0) is 6.42 Å². The van der Waals surface area contributed by atoms with E-state index in [0.29, 0.717) is 11.9 Å². The Hall–Kier alpha value is -0.790. The molecule has 0 spiro atoms. The summed E-state index contributed by atoms with van der Waals surface area (Å²) in [5.74, 6) is 0.674. The number of hydrogen-bond donors (Lipinski definition) is 0. The maximum absolute atomic E-state index is 5.80. The van der Waals surface area contributed by atoms with Gasteiger partial charge in [-0.15, -0.1) is 18.2 Å². The van der Waals surface area contributed by atoms with Gasteiger partial charge in [0, 0.05) is 25.0 Å². The molecule has 1 atom stereocenters. The molecule has 0 aliphatic rings. The fourth-order valence-electron chi connectivity index (χ4n) is 1.85. The van der Waals surface area contributed by atoms with Crippen molar-refractivity contribution in [1.29, 1.82) is 0 Å². The highest BCUT2D eigenvalue weighted by molar-refractivity contribution is 6.18. The van der Waals surface area contributed by atoms with Crippen LogP contribution < -0.4 is 0 Å². The van der Waals surface area contributed by atoms with Crippen LogP contribution in [0.25, 0.3) is 0 Å². The highest BCUT2D eigenvalue weighted by Gasteiger charge is 2.11. The maximum Gasteiger partial charge on any atom is 0.0351 e. The molecule has 0 unspecified atom stereocenters. The molecule has 1 nitrogen and oxygen atoms in total. The van der Waals surface area contributed by atoms with Crippen LogP contribution in [0.15, 0.2) is 43.0 Å². The zero-order chi connectivity index (χ0) is 11.8. The van der Waals surface area contributed by atoms with Crippen LogP contribution in [-0.4, -0.2) is 29.9 Å². The lowest BCUT2D eigenvalue weighted by molar-refractivity contribution is 0.244. The summed E-state index contributed by atoms with van der Waals surface area (Å²) >= 11 is 5.80. The number of nitrogens with zero attached hydrogens (tertiary/aromatic N) is 1. The predicted octanol–water partition coefficient (Wildman–Crippen LogP) is 3.34. The van der Waals surface area contributed by atoms with Crippen molar-refractivity contribution in [1.82, 2.24) is 4.90 Å². The van der Waals surface area contributed by atoms with Gasteiger partial charge in [0.1, 0.15) is 0 Å². The molecule has 0 amide bonds. The van der Waals surface area contributed by atoms with Gasteiger partial charge in [0.05, 0.1) is 0 Å². The Labute approximate surface area is 104 Å². The summed E-state index contributed by atoms with van der Waals surface area (Å²) in [6.07, 6.45) is 3.00. The Balaban J connectivity index is 2.54. The topological polar surface area (TPSA) is 3.24 Å². The van der Waals surface area contributed by atoms with Crippen molar-refractivity contribution in [3.8, 4) is 0 Å². The minimum atomic E-state index is 0.499. The molecule has 0 saturated carbocycles. The molecular weight excluding hydrogens is 218 g/mol. The zero-order valence-electron chi connectivity index (χ0n) is 9.90. The van der Waals surface area contributed by atoms with Crippen molar-refractivity contribution in [3.63, 3.8) is 0 Å². The van der Waals surface area contributed by atoms with E-state index in [9.17, 15) is 0 Å². The Morgan fingerprint density at radius 1 is 1.38 bits per heavy atom. The van der Waals surface area contributed by atoms with Crippen molar-refractivity contribution in [3.05, 3.63) is 48.6 Å². The average Bonchev–Trinajstić information content (AvgIpc) is 2.30. The fraction of sp³-hybridized carbons (Fsp3) is 0.429. The molecule has 0 aliphatic heterocycles. The van der Waals surface area contributed by atoms with Crippen LogP contribution in [0.2, 0.25) is 0 Å². The first-order chi connectivity index (χ1) is 7.77. The van der Waals surface area contributed by atoms with Gasteiger partial charge in [-0.2, -0.15) is 0 Å². The number of hydrogen-bond acceptors (Lipinski definition) is 1. The Kier molecular flexibility index (Phi) is 6.20. The smallest absolute Gasteiger partial charge is 0.0351 e. The molecule has 1 rings (SSSR count). The molecule has 2 heteroatoms. The fourth-order valence-corrected chi connectivity index (χ4v) is 2.07. The van der Waals surface area contributed by atoms with Crippen LogP contribution in [0.4, 0.5) is 0 Å². The van der Waals surface area contributed by atoms with Gasteiger partial charge in [-0.05, 0) is 18.9 Å². The molecule has 1 aromatic carbocycles. The number of rotatable bonds is 7. The van der Waals surface area contributed by atoms with E-state index in [1.165, 1.54) is 5.56 Å². The third kappa shape index (κ3) is 4.38. The number of halogens is 1. The molecule has 0 N–H and O–H groups in total. The van der Waals surface area contributed by atoms with Crippen molar-refractivity contribution in [2.75, 3.05) is 19.0 Å². The van der Waals surface area contributed by atoms with Crippen molar-refractivity contribution < 1.29 is 0 Å². The van der Waals surface area contributed by atoms with Crippen LogP contribution in [0.5, 0.6) is 0 Å². The lowest BCUT2D eigenvalue weighted by Crippen LogP contribution is -2.36. The van der Waals surface area contributed by atoms with Crippen LogP contribution in [0, 0.1) is 0 Å². The highest BCUT2D eigenvalue weighted by Crippen LogP contribution is 2.08. The van der Waals surface area contributed by atoms with E-state index in [0.717, 1.165) is 19.5 Å². The lowest BCUT2D eigenvalue weighted by atomic mass is 10.1. The molecule has 0 saturated heterocycles. The van der Waals surface area contributed by atoms with Crippen molar-refractivity contribution in [2.24, 2.45) is 0 Å². The minimum absolute atomic E-state index is 0.499. The maximum atomic E-state index is 5.80. The Morgan fingerprint density at radius 3 is 2.62 bits per heavy atom. The molecule has 0 bridgehead atoms. The molecule has 0 aromatic heterocycles.